The standard InChI is InChI=1S/C12H22N2O/c1-2-12-10(5-11(1)14-12)7-13-6-9-3-4-15-8-9/h9-14H,1-8H2. The molecule has 2 bridgehead atoms. The maximum atomic E-state index is 5.38. The Labute approximate surface area is 91.9 Å². The molecule has 0 aromatic carbocycles. The highest BCUT2D eigenvalue weighted by Crippen LogP contribution is 2.32. The van der Waals surface area contributed by atoms with E-state index >= 15 is 0 Å². The third-order valence-corrected chi connectivity index (χ3v) is 4.30. The largest absolute Gasteiger partial charge is 0.381 e. The fourth-order valence-corrected chi connectivity index (χ4v) is 3.38. The van der Waals surface area contributed by atoms with Gasteiger partial charge in [-0.1, -0.05) is 0 Å². The smallest absolute Gasteiger partial charge is 0.0507 e. The number of rotatable bonds is 4. The van der Waals surface area contributed by atoms with E-state index in [0.717, 1.165) is 43.7 Å². The second-order valence-electron chi connectivity index (χ2n) is 5.43. The maximum Gasteiger partial charge on any atom is 0.0507 e. The maximum absolute atomic E-state index is 5.38. The highest BCUT2D eigenvalue weighted by atomic mass is 16.5. The van der Waals surface area contributed by atoms with E-state index in [-0.39, 0.29) is 0 Å². The summed E-state index contributed by atoms with van der Waals surface area (Å²) in [5, 5.41) is 7.33. The quantitative estimate of drug-likeness (QED) is 0.718. The van der Waals surface area contributed by atoms with Crippen LogP contribution in [0.5, 0.6) is 0 Å². The predicted octanol–water partition coefficient (Wildman–Crippen LogP) is 0.753. The first-order valence-electron chi connectivity index (χ1n) is 6.46. The summed E-state index contributed by atoms with van der Waals surface area (Å²) in [5.41, 5.74) is 0. The first-order valence-corrected chi connectivity index (χ1v) is 6.46. The van der Waals surface area contributed by atoms with Crippen molar-refractivity contribution in [3.05, 3.63) is 0 Å². The minimum Gasteiger partial charge on any atom is -0.381 e. The van der Waals surface area contributed by atoms with Crippen molar-refractivity contribution < 1.29 is 4.74 Å². The summed E-state index contributed by atoms with van der Waals surface area (Å²) in [7, 11) is 0. The average Bonchev–Trinajstić information content (AvgIpc) is 2.93. The van der Waals surface area contributed by atoms with E-state index in [1.807, 2.05) is 0 Å². The summed E-state index contributed by atoms with van der Waals surface area (Å²) in [4.78, 5) is 0. The Kier molecular flexibility index (Phi) is 2.95. The first kappa shape index (κ1) is 10.1. The summed E-state index contributed by atoms with van der Waals surface area (Å²) in [6.45, 7) is 4.32. The summed E-state index contributed by atoms with van der Waals surface area (Å²) < 4.78 is 5.38. The molecule has 86 valence electrons. The van der Waals surface area contributed by atoms with Gasteiger partial charge < -0.3 is 15.4 Å². The van der Waals surface area contributed by atoms with Crippen LogP contribution in [0.25, 0.3) is 0 Å². The lowest BCUT2D eigenvalue weighted by Crippen LogP contribution is -2.34. The van der Waals surface area contributed by atoms with Crippen LogP contribution >= 0.6 is 0 Å². The SMILES string of the molecule is C1CC(CNCC2CC3CCC2N3)CO1. The van der Waals surface area contributed by atoms with Gasteiger partial charge in [-0.05, 0) is 44.1 Å². The van der Waals surface area contributed by atoms with Crippen molar-refractivity contribution in [3.8, 4) is 0 Å². The van der Waals surface area contributed by atoms with Gasteiger partial charge in [0.2, 0.25) is 0 Å². The van der Waals surface area contributed by atoms with E-state index < -0.39 is 0 Å². The molecule has 0 amide bonds. The summed E-state index contributed by atoms with van der Waals surface area (Å²) in [5.74, 6) is 1.67. The van der Waals surface area contributed by atoms with Gasteiger partial charge in [0.25, 0.3) is 0 Å². The molecule has 4 unspecified atom stereocenters. The van der Waals surface area contributed by atoms with Crippen LogP contribution in [-0.4, -0.2) is 38.4 Å². The summed E-state index contributed by atoms with van der Waals surface area (Å²) in [6, 6.07) is 1.67. The summed E-state index contributed by atoms with van der Waals surface area (Å²) in [6.07, 6.45) is 5.47. The lowest BCUT2D eigenvalue weighted by atomic mass is 9.89. The van der Waals surface area contributed by atoms with Crippen molar-refractivity contribution in [1.82, 2.24) is 10.6 Å². The van der Waals surface area contributed by atoms with E-state index in [1.54, 1.807) is 0 Å². The molecular formula is C12H22N2O. The zero-order valence-corrected chi connectivity index (χ0v) is 9.37. The molecule has 4 atom stereocenters. The van der Waals surface area contributed by atoms with Gasteiger partial charge in [-0.3, -0.25) is 0 Å². The fourth-order valence-electron chi connectivity index (χ4n) is 3.38. The molecule has 3 aliphatic heterocycles. The monoisotopic (exact) mass is 210 g/mol. The molecule has 0 radical (unpaired) electrons. The Bertz CT molecular complexity index is 216. The van der Waals surface area contributed by atoms with Gasteiger partial charge in [0.05, 0.1) is 6.61 Å². The van der Waals surface area contributed by atoms with Gasteiger partial charge in [0.15, 0.2) is 0 Å². The van der Waals surface area contributed by atoms with Crippen LogP contribution in [0.4, 0.5) is 0 Å². The molecule has 3 heteroatoms. The van der Waals surface area contributed by atoms with E-state index in [1.165, 1.54) is 32.2 Å². The van der Waals surface area contributed by atoms with E-state index in [4.69, 9.17) is 4.74 Å². The van der Waals surface area contributed by atoms with Crippen LogP contribution in [-0.2, 0) is 4.74 Å². The van der Waals surface area contributed by atoms with Crippen molar-refractivity contribution in [3.63, 3.8) is 0 Å². The second-order valence-corrected chi connectivity index (χ2v) is 5.43. The van der Waals surface area contributed by atoms with Gasteiger partial charge in [-0.15, -0.1) is 0 Å². The molecule has 0 spiro atoms. The minimum atomic E-state index is 0.775. The van der Waals surface area contributed by atoms with Gasteiger partial charge in [-0.2, -0.15) is 0 Å². The highest BCUT2D eigenvalue weighted by molar-refractivity contribution is 4.97. The highest BCUT2D eigenvalue weighted by Gasteiger charge is 2.38. The first-order chi connectivity index (χ1) is 7.42. The van der Waals surface area contributed by atoms with Crippen LogP contribution < -0.4 is 10.6 Å². The molecule has 3 fully saturated rings. The molecule has 3 aliphatic rings. The van der Waals surface area contributed by atoms with Crippen molar-refractivity contribution in [2.75, 3.05) is 26.3 Å². The Balaban J connectivity index is 1.36. The van der Waals surface area contributed by atoms with Gasteiger partial charge in [-0.25, -0.2) is 0 Å². The molecular weight excluding hydrogens is 188 g/mol. The van der Waals surface area contributed by atoms with Crippen LogP contribution in [0, 0.1) is 11.8 Å². The van der Waals surface area contributed by atoms with Crippen LogP contribution in [0.3, 0.4) is 0 Å². The molecule has 2 N–H and O–H groups in total. The molecule has 3 rings (SSSR count). The van der Waals surface area contributed by atoms with Crippen molar-refractivity contribution >= 4 is 0 Å². The van der Waals surface area contributed by atoms with Gasteiger partial charge >= 0.3 is 0 Å². The van der Waals surface area contributed by atoms with E-state index in [9.17, 15) is 0 Å². The van der Waals surface area contributed by atoms with E-state index in [2.05, 4.69) is 10.6 Å². The van der Waals surface area contributed by atoms with Crippen molar-refractivity contribution in [2.24, 2.45) is 11.8 Å². The van der Waals surface area contributed by atoms with Gasteiger partial charge in [0, 0.05) is 25.2 Å². The van der Waals surface area contributed by atoms with E-state index in [0.29, 0.717) is 0 Å². The normalized spacial score (nSPS) is 44.0. The Hall–Kier alpha value is -0.120. The fraction of sp³-hybridized carbons (Fsp3) is 1.00. The Morgan fingerprint density at radius 2 is 2.20 bits per heavy atom. The van der Waals surface area contributed by atoms with Gasteiger partial charge in [0.1, 0.15) is 0 Å². The molecule has 0 aliphatic carbocycles. The molecule has 0 aromatic heterocycles. The number of nitrogens with one attached hydrogen (secondary N) is 2. The lowest BCUT2D eigenvalue weighted by molar-refractivity contribution is 0.185. The Morgan fingerprint density at radius 3 is 2.87 bits per heavy atom. The van der Waals surface area contributed by atoms with Crippen LogP contribution in [0.2, 0.25) is 0 Å². The third kappa shape index (κ3) is 2.19. The topological polar surface area (TPSA) is 33.3 Å². The van der Waals surface area contributed by atoms with Crippen LogP contribution in [0.1, 0.15) is 25.7 Å². The molecule has 3 nitrogen and oxygen atoms in total. The molecule has 0 aromatic rings. The minimum absolute atomic E-state index is 0.775. The van der Waals surface area contributed by atoms with Crippen molar-refractivity contribution in [2.45, 2.75) is 37.8 Å². The number of ether oxygens (including phenoxy) is 1. The molecule has 15 heavy (non-hydrogen) atoms. The van der Waals surface area contributed by atoms with Crippen molar-refractivity contribution in [1.29, 1.82) is 0 Å². The molecule has 0 saturated carbocycles. The average molecular weight is 210 g/mol. The third-order valence-electron chi connectivity index (χ3n) is 4.30. The lowest BCUT2D eigenvalue weighted by Gasteiger charge is -2.21. The zero-order chi connectivity index (χ0) is 10.1. The predicted molar refractivity (Wildman–Crippen MR) is 59.8 cm³/mol. The molecule has 3 heterocycles. The van der Waals surface area contributed by atoms with Crippen LogP contribution in [0.15, 0.2) is 0 Å². The Morgan fingerprint density at radius 1 is 1.20 bits per heavy atom. The number of fused-ring (bicyclic) bond motifs is 2. The zero-order valence-electron chi connectivity index (χ0n) is 9.37. The molecule has 3 saturated heterocycles. The number of hydrogen-bond acceptors (Lipinski definition) is 3. The second kappa shape index (κ2) is 4.40. The number of hydrogen-bond donors (Lipinski definition) is 2. The summed E-state index contributed by atoms with van der Waals surface area (Å²) >= 11 is 0.